The Morgan fingerprint density at radius 2 is 1.92 bits per heavy atom. The van der Waals surface area contributed by atoms with Gasteiger partial charge >= 0.3 is 0 Å². The molecule has 1 saturated heterocycles. The predicted octanol–water partition coefficient (Wildman–Crippen LogP) is 1.16. The number of aromatic nitrogens is 4. The number of carbonyl (C=O) groups excluding carboxylic acids is 1. The highest BCUT2D eigenvalue weighted by Crippen LogP contribution is 2.40. The van der Waals surface area contributed by atoms with Gasteiger partial charge in [-0.2, -0.15) is 9.61 Å². The second-order valence-electron chi connectivity index (χ2n) is 7.89. The molecule has 1 amide bonds. The molecule has 0 atom stereocenters. The van der Waals surface area contributed by atoms with E-state index in [1.165, 1.54) is 12.8 Å². The summed E-state index contributed by atoms with van der Waals surface area (Å²) in [7, 11) is 0. The Labute approximate surface area is 152 Å². The Bertz CT molecular complexity index is 803. The van der Waals surface area contributed by atoms with Crippen LogP contribution in [0, 0.1) is 0 Å². The molecule has 1 aliphatic heterocycles. The molecule has 3 heterocycles. The molecule has 3 fully saturated rings. The lowest BCUT2D eigenvalue weighted by Crippen LogP contribution is -2.44. The number of piperidine rings is 1. The number of anilines is 1. The number of hydrogen-bond donors (Lipinski definition) is 2. The maximum Gasteiger partial charge on any atom is 0.234 e. The van der Waals surface area contributed by atoms with E-state index in [2.05, 4.69) is 36.9 Å². The van der Waals surface area contributed by atoms with Crippen LogP contribution in [0.3, 0.4) is 0 Å². The normalized spacial score (nSPS) is 21.8. The molecule has 26 heavy (non-hydrogen) atoms. The highest BCUT2D eigenvalue weighted by Gasteiger charge is 2.28. The minimum absolute atomic E-state index is 0.173. The average molecular weight is 355 g/mol. The van der Waals surface area contributed by atoms with Crippen molar-refractivity contribution in [2.75, 3.05) is 25.0 Å². The molecule has 0 spiro atoms. The van der Waals surface area contributed by atoms with Gasteiger partial charge in [-0.25, -0.2) is 0 Å². The zero-order chi connectivity index (χ0) is 17.5. The lowest BCUT2D eigenvalue weighted by molar-refractivity contribution is -0.122. The second-order valence-corrected chi connectivity index (χ2v) is 7.89. The highest BCUT2D eigenvalue weighted by molar-refractivity contribution is 5.78. The Kier molecular flexibility index (Phi) is 4.00. The van der Waals surface area contributed by atoms with E-state index in [1.807, 2.05) is 0 Å². The zero-order valence-electron chi connectivity index (χ0n) is 14.9. The third kappa shape index (κ3) is 3.51. The summed E-state index contributed by atoms with van der Waals surface area (Å²) in [5.41, 5.74) is 2.96. The summed E-state index contributed by atoms with van der Waals surface area (Å²) < 4.78 is 1.79. The number of nitrogens with zero attached hydrogens (tertiary/aromatic N) is 5. The van der Waals surface area contributed by atoms with Crippen molar-refractivity contribution in [2.45, 2.75) is 56.5 Å². The molecule has 2 aromatic heterocycles. The molecule has 8 nitrogen and oxygen atoms in total. The van der Waals surface area contributed by atoms with Crippen LogP contribution in [0.15, 0.2) is 12.4 Å². The number of likely N-dealkylation sites (tertiary alicyclic amines) is 1. The number of amides is 1. The number of hydrogen-bond acceptors (Lipinski definition) is 6. The van der Waals surface area contributed by atoms with Gasteiger partial charge in [-0.05, 0) is 44.6 Å². The van der Waals surface area contributed by atoms with Gasteiger partial charge in [0.05, 0.1) is 17.9 Å². The summed E-state index contributed by atoms with van der Waals surface area (Å²) in [5, 5.41) is 19.6. The van der Waals surface area contributed by atoms with Crippen LogP contribution in [-0.2, 0) is 4.79 Å². The summed E-state index contributed by atoms with van der Waals surface area (Å²) >= 11 is 0. The van der Waals surface area contributed by atoms with Crippen LogP contribution in [0.5, 0.6) is 0 Å². The fraction of sp³-hybridized carbons (Fsp3) is 0.667. The third-order valence-electron chi connectivity index (χ3n) is 5.54. The van der Waals surface area contributed by atoms with Gasteiger partial charge in [0.1, 0.15) is 6.33 Å². The average Bonchev–Trinajstić information content (AvgIpc) is 3.56. The Balaban J connectivity index is 1.20. The summed E-state index contributed by atoms with van der Waals surface area (Å²) in [6, 6.07) is 2.99. The minimum atomic E-state index is 0.173. The largest absolute Gasteiger partial charge is 0.379 e. The van der Waals surface area contributed by atoms with E-state index in [0.717, 1.165) is 55.8 Å². The van der Waals surface area contributed by atoms with E-state index < -0.39 is 0 Å². The van der Waals surface area contributed by atoms with E-state index >= 15 is 0 Å². The van der Waals surface area contributed by atoms with Crippen molar-refractivity contribution < 1.29 is 4.79 Å². The topological polar surface area (TPSA) is 87.5 Å². The number of nitrogens with one attached hydrogen (secondary N) is 2. The molecule has 3 aliphatic rings. The Morgan fingerprint density at radius 3 is 2.65 bits per heavy atom. The van der Waals surface area contributed by atoms with Crippen molar-refractivity contribution in [2.24, 2.45) is 0 Å². The fourth-order valence-electron chi connectivity index (χ4n) is 3.69. The van der Waals surface area contributed by atoms with Crippen LogP contribution < -0.4 is 10.6 Å². The molecule has 2 aliphatic carbocycles. The molecule has 2 saturated carbocycles. The zero-order valence-corrected chi connectivity index (χ0v) is 14.9. The first kappa shape index (κ1) is 16.0. The van der Waals surface area contributed by atoms with Crippen molar-refractivity contribution in [1.82, 2.24) is 30.0 Å². The number of rotatable bonds is 6. The van der Waals surface area contributed by atoms with Gasteiger partial charge < -0.3 is 10.6 Å². The van der Waals surface area contributed by atoms with Crippen molar-refractivity contribution in [3.63, 3.8) is 0 Å². The quantitative estimate of drug-likeness (QED) is 0.808. The highest BCUT2D eigenvalue weighted by atomic mass is 16.2. The molecular weight excluding hydrogens is 330 g/mol. The van der Waals surface area contributed by atoms with Gasteiger partial charge in [-0.15, -0.1) is 10.2 Å². The molecule has 0 bridgehead atoms. The van der Waals surface area contributed by atoms with Gasteiger partial charge in [0.25, 0.3) is 0 Å². The molecule has 5 rings (SSSR count). The number of fused-ring (bicyclic) bond motifs is 1. The summed E-state index contributed by atoms with van der Waals surface area (Å²) in [6.45, 7) is 2.41. The first-order valence-corrected chi connectivity index (χ1v) is 9.74. The molecule has 8 heteroatoms. The first-order valence-electron chi connectivity index (χ1n) is 9.74. The maximum absolute atomic E-state index is 12.0. The molecule has 0 aromatic carbocycles. The lowest BCUT2D eigenvalue weighted by atomic mass is 10.0. The molecular formula is C18H25N7O. The van der Waals surface area contributed by atoms with Crippen molar-refractivity contribution in [3.05, 3.63) is 18.1 Å². The smallest absolute Gasteiger partial charge is 0.234 e. The van der Waals surface area contributed by atoms with Crippen LogP contribution in [-0.4, -0.2) is 62.3 Å². The monoisotopic (exact) mass is 355 g/mol. The van der Waals surface area contributed by atoms with Gasteiger partial charge in [0.15, 0.2) is 0 Å². The van der Waals surface area contributed by atoms with E-state index in [4.69, 9.17) is 0 Å². The van der Waals surface area contributed by atoms with Crippen LogP contribution in [0.4, 0.5) is 5.69 Å². The molecule has 138 valence electrons. The maximum atomic E-state index is 12.0. The van der Waals surface area contributed by atoms with Gasteiger partial charge in [0, 0.05) is 31.1 Å². The van der Waals surface area contributed by atoms with Gasteiger partial charge in [0.2, 0.25) is 11.6 Å². The van der Waals surface area contributed by atoms with Crippen molar-refractivity contribution in [1.29, 1.82) is 0 Å². The SMILES string of the molecule is O=C(CN1CCC(Nc2cc(C3CC3)nn3cnnc23)CC1)NC1CC1. The van der Waals surface area contributed by atoms with Gasteiger partial charge in [-0.1, -0.05) is 0 Å². The van der Waals surface area contributed by atoms with Crippen molar-refractivity contribution in [3.8, 4) is 0 Å². The fourth-order valence-corrected chi connectivity index (χ4v) is 3.69. The van der Waals surface area contributed by atoms with Gasteiger partial charge in [-0.3, -0.25) is 9.69 Å². The third-order valence-corrected chi connectivity index (χ3v) is 5.54. The molecule has 2 N–H and O–H groups in total. The summed E-state index contributed by atoms with van der Waals surface area (Å²) in [5.74, 6) is 0.765. The Hall–Kier alpha value is -2.22. The first-order chi connectivity index (χ1) is 12.7. The number of carbonyl (C=O) groups is 1. The van der Waals surface area contributed by atoms with E-state index in [0.29, 0.717) is 24.5 Å². The van der Waals surface area contributed by atoms with E-state index in [1.54, 1.807) is 10.8 Å². The van der Waals surface area contributed by atoms with Crippen LogP contribution in [0.1, 0.15) is 50.1 Å². The Morgan fingerprint density at radius 1 is 1.12 bits per heavy atom. The molecule has 2 aromatic rings. The van der Waals surface area contributed by atoms with E-state index in [-0.39, 0.29) is 5.91 Å². The second kappa shape index (κ2) is 6.50. The van der Waals surface area contributed by atoms with Crippen molar-refractivity contribution >= 4 is 17.2 Å². The van der Waals surface area contributed by atoms with Crippen LogP contribution in [0.25, 0.3) is 5.65 Å². The molecule has 0 radical (unpaired) electrons. The standard InChI is InChI=1S/C18H25N7O/c26-17(21-13-3-4-13)10-24-7-5-14(6-8-24)20-16-9-15(12-1-2-12)23-25-11-19-22-18(16)25/h9,11-14,20H,1-8,10H2,(H,21,26). The van der Waals surface area contributed by atoms with Crippen LogP contribution in [0.2, 0.25) is 0 Å². The summed E-state index contributed by atoms with van der Waals surface area (Å²) in [4.78, 5) is 14.2. The van der Waals surface area contributed by atoms with Crippen LogP contribution >= 0.6 is 0 Å². The molecule has 0 unspecified atom stereocenters. The van der Waals surface area contributed by atoms with E-state index in [9.17, 15) is 4.79 Å². The summed E-state index contributed by atoms with van der Waals surface area (Å²) in [6.07, 6.45) is 8.46. The minimum Gasteiger partial charge on any atom is -0.379 e. The lowest BCUT2D eigenvalue weighted by Gasteiger charge is -2.32. The predicted molar refractivity (Wildman–Crippen MR) is 97.0 cm³/mol.